The van der Waals surface area contributed by atoms with Crippen molar-refractivity contribution in [1.29, 1.82) is 0 Å². The van der Waals surface area contributed by atoms with E-state index in [4.69, 9.17) is 0 Å². The molecule has 0 saturated carbocycles. The van der Waals surface area contributed by atoms with Crippen LogP contribution < -0.4 is 4.72 Å². The Morgan fingerprint density at radius 1 is 1.27 bits per heavy atom. The summed E-state index contributed by atoms with van der Waals surface area (Å²) in [6.45, 7) is 1.60. The lowest BCUT2D eigenvalue weighted by Gasteiger charge is -1.99. The fraction of sp³-hybridized carbons (Fsp3) is 0.273. The maximum atomic E-state index is 11.0. The zero-order valence-electron chi connectivity index (χ0n) is 8.68. The first kappa shape index (κ1) is 11.8. The fourth-order valence-corrected chi connectivity index (χ4v) is 1.51. The smallest absolute Gasteiger partial charge is 0.231 e. The monoisotopic (exact) mass is 225 g/mol. The van der Waals surface area contributed by atoms with Gasteiger partial charge in [0.25, 0.3) is 0 Å². The third-order valence-corrected chi connectivity index (χ3v) is 3.20. The van der Waals surface area contributed by atoms with E-state index in [-0.39, 0.29) is 5.75 Å². The summed E-state index contributed by atoms with van der Waals surface area (Å²) in [7, 11) is -3.11. The third kappa shape index (κ3) is 4.65. The molecule has 4 heteroatoms. The highest BCUT2D eigenvalue weighted by Gasteiger charge is 2.00. The molecule has 1 aromatic carbocycles. The van der Waals surface area contributed by atoms with Crippen molar-refractivity contribution in [2.24, 2.45) is 0 Å². The Balaban J connectivity index is 2.42. The van der Waals surface area contributed by atoms with Gasteiger partial charge >= 0.3 is 0 Å². The Morgan fingerprint density at radius 3 is 2.53 bits per heavy atom. The van der Waals surface area contributed by atoms with Crippen molar-refractivity contribution in [2.75, 3.05) is 5.75 Å². The maximum Gasteiger partial charge on any atom is 0.231 e. The van der Waals surface area contributed by atoms with Gasteiger partial charge in [-0.05, 0) is 18.9 Å². The SMILES string of the molecule is CCS(=O)(=O)NC=CCc1ccccc1. The normalized spacial score (nSPS) is 11.8. The molecule has 82 valence electrons. The molecule has 0 amide bonds. The molecule has 15 heavy (non-hydrogen) atoms. The van der Waals surface area contributed by atoms with Crippen LogP contribution in [0.25, 0.3) is 0 Å². The molecule has 0 saturated heterocycles. The first-order valence-electron chi connectivity index (χ1n) is 4.83. The Labute approximate surface area is 90.9 Å². The number of allylic oxidation sites excluding steroid dienone is 1. The second-order valence-electron chi connectivity index (χ2n) is 3.11. The highest BCUT2D eigenvalue weighted by atomic mass is 32.2. The second-order valence-corrected chi connectivity index (χ2v) is 5.16. The first-order chi connectivity index (χ1) is 7.14. The van der Waals surface area contributed by atoms with Crippen LogP contribution in [0.4, 0.5) is 0 Å². The van der Waals surface area contributed by atoms with Crippen LogP contribution >= 0.6 is 0 Å². The number of nitrogens with one attached hydrogen (secondary N) is 1. The van der Waals surface area contributed by atoms with E-state index in [2.05, 4.69) is 4.72 Å². The molecule has 0 aliphatic carbocycles. The number of hydrogen-bond donors (Lipinski definition) is 1. The number of rotatable bonds is 5. The van der Waals surface area contributed by atoms with Gasteiger partial charge in [0.05, 0.1) is 5.75 Å². The third-order valence-electron chi connectivity index (χ3n) is 1.94. The molecule has 0 radical (unpaired) electrons. The van der Waals surface area contributed by atoms with Gasteiger partial charge in [-0.15, -0.1) is 0 Å². The predicted octanol–water partition coefficient (Wildman–Crippen LogP) is 1.68. The van der Waals surface area contributed by atoms with Crippen LogP contribution in [-0.4, -0.2) is 14.2 Å². The number of benzene rings is 1. The predicted molar refractivity (Wildman–Crippen MR) is 61.9 cm³/mol. The molecular weight excluding hydrogens is 210 g/mol. The van der Waals surface area contributed by atoms with E-state index >= 15 is 0 Å². The van der Waals surface area contributed by atoms with Gasteiger partial charge in [-0.25, -0.2) is 8.42 Å². The molecule has 0 spiro atoms. The van der Waals surface area contributed by atoms with Crippen molar-refractivity contribution in [3.05, 3.63) is 48.2 Å². The summed E-state index contributed by atoms with van der Waals surface area (Å²) < 4.78 is 24.5. The van der Waals surface area contributed by atoms with Gasteiger partial charge in [-0.2, -0.15) is 0 Å². The Hall–Kier alpha value is -1.29. The van der Waals surface area contributed by atoms with E-state index in [9.17, 15) is 8.42 Å². The van der Waals surface area contributed by atoms with E-state index in [1.165, 1.54) is 6.20 Å². The zero-order chi connectivity index (χ0) is 11.1. The molecule has 1 aromatic rings. The molecule has 1 N–H and O–H groups in total. The van der Waals surface area contributed by atoms with Crippen LogP contribution in [-0.2, 0) is 16.4 Å². The summed E-state index contributed by atoms with van der Waals surface area (Å²) in [5, 5.41) is 0. The first-order valence-corrected chi connectivity index (χ1v) is 6.48. The number of hydrogen-bond acceptors (Lipinski definition) is 2. The van der Waals surface area contributed by atoms with Crippen LogP contribution in [0.1, 0.15) is 12.5 Å². The van der Waals surface area contributed by atoms with Crippen molar-refractivity contribution in [2.45, 2.75) is 13.3 Å². The van der Waals surface area contributed by atoms with E-state index < -0.39 is 10.0 Å². The van der Waals surface area contributed by atoms with E-state index in [1.54, 1.807) is 13.0 Å². The summed E-state index contributed by atoms with van der Waals surface area (Å²) in [6, 6.07) is 9.86. The molecule has 1 rings (SSSR count). The molecule has 3 nitrogen and oxygen atoms in total. The number of sulfonamides is 1. The van der Waals surface area contributed by atoms with Crippen LogP contribution in [0.15, 0.2) is 42.6 Å². The Bertz CT molecular complexity index is 409. The minimum Gasteiger partial charge on any atom is -0.291 e. The minimum atomic E-state index is -3.11. The summed E-state index contributed by atoms with van der Waals surface area (Å²) in [5.41, 5.74) is 1.16. The van der Waals surface area contributed by atoms with E-state index in [1.807, 2.05) is 30.3 Å². The average Bonchev–Trinajstić information content (AvgIpc) is 2.26. The molecule has 0 aliphatic rings. The summed E-state index contributed by atoms with van der Waals surface area (Å²) in [5.74, 6) is 0.0999. The second kappa shape index (κ2) is 5.56. The topological polar surface area (TPSA) is 46.2 Å². The van der Waals surface area contributed by atoms with Gasteiger partial charge in [0.1, 0.15) is 0 Å². The fourth-order valence-electron chi connectivity index (χ4n) is 1.04. The molecule has 0 unspecified atom stereocenters. The van der Waals surface area contributed by atoms with Crippen LogP contribution in [0.5, 0.6) is 0 Å². The summed E-state index contributed by atoms with van der Waals surface area (Å²) in [6.07, 6.45) is 4.00. The zero-order valence-corrected chi connectivity index (χ0v) is 9.50. The molecule has 0 heterocycles. The molecular formula is C11H15NO2S. The van der Waals surface area contributed by atoms with Gasteiger partial charge in [-0.1, -0.05) is 36.4 Å². The molecule has 0 bridgehead atoms. The lowest BCUT2D eigenvalue weighted by atomic mass is 10.1. The molecule has 0 fully saturated rings. The van der Waals surface area contributed by atoms with Crippen molar-refractivity contribution < 1.29 is 8.42 Å². The highest BCUT2D eigenvalue weighted by Crippen LogP contribution is 1.99. The van der Waals surface area contributed by atoms with Crippen LogP contribution in [0.3, 0.4) is 0 Å². The molecule has 0 aliphatic heterocycles. The molecule has 0 atom stereocenters. The lowest BCUT2D eigenvalue weighted by molar-refractivity contribution is 0.592. The summed E-state index contributed by atoms with van der Waals surface area (Å²) >= 11 is 0. The average molecular weight is 225 g/mol. The lowest BCUT2D eigenvalue weighted by Crippen LogP contribution is -2.19. The van der Waals surface area contributed by atoms with Gasteiger partial charge < -0.3 is 0 Å². The van der Waals surface area contributed by atoms with Gasteiger partial charge in [0.15, 0.2) is 0 Å². The van der Waals surface area contributed by atoms with E-state index in [0.29, 0.717) is 0 Å². The summed E-state index contributed by atoms with van der Waals surface area (Å²) in [4.78, 5) is 0. The standard InChI is InChI=1S/C11H15NO2S/c1-2-15(13,14)12-10-6-9-11-7-4-3-5-8-11/h3-8,10,12H,2,9H2,1H3. The Morgan fingerprint density at radius 2 is 1.93 bits per heavy atom. The van der Waals surface area contributed by atoms with Crippen LogP contribution in [0.2, 0.25) is 0 Å². The van der Waals surface area contributed by atoms with Crippen LogP contribution in [0, 0.1) is 0 Å². The Kier molecular flexibility index (Phi) is 4.37. The van der Waals surface area contributed by atoms with Crippen molar-refractivity contribution in [3.8, 4) is 0 Å². The minimum absolute atomic E-state index is 0.0999. The molecule has 0 aromatic heterocycles. The van der Waals surface area contributed by atoms with Crippen molar-refractivity contribution in [1.82, 2.24) is 4.72 Å². The van der Waals surface area contributed by atoms with E-state index in [0.717, 1.165) is 12.0 Å². The van der Waals surface area contributed by atoms with Crippen molar-refractivity contribution in [3.63, 3.8) is 0 Å². The van der Waals surface area contributed by atoms with Crippen molar-refractivity contribution >= 4 is 10.0 Å². The largest absolute Gasteiger partial charge is 0.291 e. The van der Waals surface area contributed by atoms with Gasteiger partial charge in [0.2, 0.25) is 10.0 Å². The maximum absolute atomic E-state index is 11.0. The quantitative estimate of drug-likeness (QED) is 0.828. The van der Waals surface area contributed by atoms with Gasteiger partial charge in [-0.3, -0.25) is 4.72 Å². The van der Waals surface area contributed by atoms with Gasteiger partial charge in [0, 0.05) is 6.20 Å². The highest BCUT2D eigenvalue weighted by molar-refractivity contribution is 7.89.